The van der Waals surface area contributed by atoms with Gasteiger partial charge in [0.25, 0.3) is 0 Å². The zero-order valence-electron chi connectivity index (χ0n) is 15.4. The van der Waals surface area contributed by atoms with Crippen molar-refractivity contribution >= 4 is 6.09 Å². The molecule has 3 aliphatic rings. The van der Waals surface area contributed by atoms with E-state index in [0.717, 1.165) is 52.0 Å². The first-order chi connectivity index (χ1) is 13.2. The smallest absolute Gasteiger partial charge is 0.409 e. The molecule has 0 spiro atoms. The number of hydrogen-bond acceptors (Lipinski definition) is 6. The molecule has 0 N–H and O–H groups in total. The van der Waals surface area contributed by atoms with E-state index in [0.29, 0.717) is 36.2 Å². The van der Waals surface area contributed by atoms with Crippen molar-refractivity contribution in [3.05, 3.63) is 23.8 Å². The van der Waals surface area contributed by atoms with Crippen molar-refractivity contribution in [3.63, 3.8) is 0 Å². The van der Waals surface area contributed by atoms with Crippen molar-refractivity contribution in [2.24, 2.45) is 5.92 Å². The maximum absolute atomic E-state index is 11.5. The molecule has 2 saturated heterocycles. The first kappa shape index (κ1) is 17.9. The Labute approximate surface area is 159 Å². The Bertz CT molecular complexity index is 724. The number of para-hydroxylation sites is 1. The Morgan fingerprint density at radius 2 is 2.04 bits per heavy atom. The average Bonchev–Trinajstić information content (AvgIpc) is 3.12. The third kappa shape index (κ3) is 4.11. The van der Waals surface area contributed by atoms with Gasteiger partial charge in [0, 0.05) is 13.1 Å². The summed E-state index contributed by atoms with van der Waals surface area (Å²) in [5, 5.41) is 9.25. The van der Waals surface area contributed by atoms with Gasteiger partial charge in [0.15, 0.2) is 11.5 Å². The van der Waals surface area contributed by atoms with Crippen molar-refractivity contribution in [2.75, 3.05) is 45.9 Å². The zero-order valence-corrected chi connectivity index (χ0v) is 15.4. The van der Waals surface area contributed by atoms with Gasteiger partial charge < -0.3 is 19.1 Å². The van der Waals surface area contributed by atoms with Crippen molar-refractivity contribution in [2.45, 2.75) is 25.4 Å². The highest BCUT2D eigenvalue weighted by Gasteiger charge is 2.28. The van der Waals surface area contributed by atoms with Gasteiger partial charge in [-0.1, -0.05) is 6.07 Å². The van der Waals surface area contributed by atoms with Gasteiger partial charge in [-0.15, -0.1) is 0 Å². The molecule has 1 aromatic rings. The molecule has 3 aliphatic heterocycles. The Kier molecular flexibility index (Phi) is 5.35. The predicted octanol–water partition coefficient (Wildman–Crippen LogP) is 2.25. The molecule has 3 heterocycles. The maximum Gasteiger partial charge on any atom is 0.409 e. The van der Waals surface area contributed by atoms with E-state index >= 15 is 0 Å². The second-order valence-corrected chi connectivity index (χ2v) is 7.43. The van der Waals surface area contributed by atoms with Crippen molar-refractivity contribution in [1.29, 1.82) is 5.26 Å². The monoisotopic (exact) mass is 371 g/mol. The van der Waals surface area contributed by atoms with E-state index in [9.17, 15) is 10.1 Å². The lowest BCUT2D eigenvalue weighted by atomic mass is 9.93. The molecule has 7 heteroatoms. The van der Waals surface area contributed by atoms with Crippen LogP contribution in [0.15, 0.2) is 18.2 Å². The molecule has 27 heavy (non-hydrogen) atoms. The number of amides is 1. The van der Waals surface area contributed by atoms with Crippen LogP contribution >= 0.6 is 0 Å². The number of nitriles is 1. The molecule has 0 bridgehead atoms. The molecule has 0 saturated carbocycles. The van der Waals surface area contributed by atoms with Gasteiger partial charge in [0.2, 0.25) is 0 Å². The number of carbonyl (C=O) groups is 1. The Morgan fingerprint density at radius 1 is 1.19 bits per heavy atom. The topological polar surface area (TPSA) is 75.0 Å². The van der Waals surface area contributed by atoms with Crippen LogP contribution in [0.2, 0.25) is 0 Å². The van der Waals surface area contributed by atoms with Gasteiger partial charge in [0.1, 0.15) is 25.4 Å². The average molecular weight is 371 g/mol. The third-order valence-electron chi connectivity index (χ3n) is 5.63. The van der Waals surface area contributed by atoms with Crippen LogP contribution in [0.1, 0.15) is 24.8 Å². The van der Waals surface area contributed by atoms with E-state index in [1.54, 1.807) is 6.07 Å². The molecule has 144 valence electrons. The first-order valence-electron chi connectivity index (χ1n) is 9.69. The number of hydrogen-bond donors (Lipinski definition) is 0. The zero-order chi connectivity index (χ0) is 18.6. The van der Waals surface area contributed by atoms with Crippen LogP contribution in [0.3, 0.4) is 0 Å². The van der Waals surface area contributed by atoms with Gasteiger partial charge in [-0.2, -0.15) is 5.26 Å². The molecule has 7 nitrogen and oxygen atoms in total. The summed E-state index contributed by atoms with van der Waals surface area (Å²) in [5.74, 6) is 1.89. The standard InChI is InChI=1S/C20H25N3O4/c21-12-16-2-1-3-18-19(16)27-17(14-26-18)13-22-7-4-15(5-8-22)6-9-23-10-11-25-20(23)24/h1-3,15,17H,4-11,13-14H2/t17-/m0/s1. The van der Waals surface area contributed by atoms with Crippen molar-refractivity contribution < 1.29 is 19.0 Å². The van der Waals surface area contributed by atoms with E-state index in [4.69, 9.17) is 14.2 Å². The minimum absolute atomic E-state index is 0.0529. The second-order valence-electron chi connectivity index (χ2n) is 7.43. The molecular weight excluding hydrogens is 346 g/mol. The molecule has 0 unspecified atom stereocenters. The summed E-state index contributed by atoms with van der Waals surface area (Å²) in [7, 11) is 0. The van der Waals surface area contributed by atoms with E-state index in [1.807, 2.05) is 17.0 Å². The number of benzene rings is 1. The lowest BCUT2D eigenvalue weighted by Gasteiger charge is -2.36. The van der Waals surface area contributed by atoms with Crippen molar-refractivity contribution in [1.82, 2.24) is 9.80 Å². The summed E-state index contributed by atoms with van der Waals surface area (Å²) in [5.41, 5.74) is 0.524. The largest absolute Gasteiger partial charge is 0.486 e. The minimum atomic E-state index is -0.168. The van der Waals surface area contributed by atoms with Crippen molar-refractivity contribution in [3.8, 4) is 17.6 Å². The van der Waals surface area contributed by atoms with Crippen LogP contribution in [0.4, 0.5) is 4.79 Å². The second kappa shape index (κ2) is 8.05. The third-order valence-corrected chi connectivity index (χ3v) is 5.63. The summed E-state index contributed by atoms with van der Waals surface area (Å²) in [6.07, 6.45) is 3.10. The van der Waals surface area contributed by atoms with Gasteiger partial charge in [0.05, 0.1) is 12.1 Å². The van der Waals surface area contributed by atoms with Gasteiger partial charge in [-0.05, 0) is 50.4 Å². The van der Waals surface area contributed by atoms with E-state index in [-0.39, 0.29) is 12.2 Å². The summed E-state index contributed by atoms with van der Waals surface area (Å²) in [6.45, 7) is 5.43. The maximum atomic E-state index is 11.5. The van der Waals surface area contributed by atoms with E-state index < -0.39 is 0 Å². The number of cyclic esters (lactones) is 1. The molecule has 0 aromatic heterocycles. The number of likely N-dealkylation sites (tertiary alicyclic amines) is 1. The fourth-order valence-corrected chi connectivity index (χ4v) is 4.03. The summed E-state index contributed by atoms with van der Waals surface area (Å²) >= 11 is 0. The lowest BCUT2D eigenvalue weighted by molar-refractivity contribution is 0.0465. The molecule has 0 aliphatic carbocycles. The Hall–Kier alpha value is -2.46. The molecule has 1 atom stereocenters. The van der Waals surface area contributed by atoms with E-state index in [2.05, 4.69) is 11.0 Å². The Balaban J connectivity index is 1.23. The van der Waals surface area contributed by atoms with Crippen LogP contribution < -0.4 is 9.47 Å². The quantitative estimate of drug-likeness (QED) is 0.790. The molecule has 1 amide bonds. The highest BCUT2D eigenvalue weighted by Crippen LogP contribution is 2.35. The van der Waals surface area contributed by atoms with Gasteiger partial charge in [-0.3, -0.25) is 4.90 Å². The SMILES string of the molecule is N#Cc1cccc2c1O[C@@H](CN1CCC(CCN3CCOC3=O)CC1)CO2. The van der Waals surface area contributed by atoms with Crippen LogP contribution in [-0.4, -0.2) is 67.9 Å². The fraction of sp³-hybridized carbons (Fsp3) is 0.600. The number of ether oxygens (including phenoxy) is 3. The van der Waals surface area contributed by atoms with Crippen LogP contribution in [0.5, 0.6) is 11.5 Å². The molecule has 0 radical (unpaired) electrons. The summed E-state index contributed by atoms with van der Waals surface area (Å²) in [6, 6.07) is 7.58. The highest BCUT2D eigenvalue weighted by atomic mass is 16.6. The minimum Gasteiger partial charge on any atom is -0.486 e. The molecule has 1 aromatic carbocycles. The molecule has 2 fully saturated rings. The van der Waals surface area contributed by atoms with Crippen LogP contribution in [-0.2, 0) is 4.74 Å². The molecule has 4 rings (SSSR count). The number of piperidine rings is 1. The van der Waals surface area contributed by atoms with Gasteiger partial charge in [-0.25, -0.2) is 4.79 Å². The number of carbonyl (C=O) groups excluding carboxylic acids is 1. The van der Waals surface area contributed by atoms with Gasteiger partial charge >= 0.3 is 6.09 Å². The first-order valence-corrected chi connectivity index (χ1v) is 9.69. The number of nitrogens with zero attached hydrogens (tertiary/aromatic N) is 3. The summed E-state index contributed by atoms with van der Waals surface area (Å²) < 4.78 is 16.8. The van der Waals surface area contributed by atoms with E-state index in [1.165, 1.54) is 0 Å². The van der Waals surface area contributed by atoms with Crippen LogP contribution in [0.25, 0.3) is 0 Å². The number of rotatable bonds is 5. The summed E-state index contributed by atoms with van der Waals surface area (Å²) in [4.78, 5) is 15.7. The Morgan fingerprint density at radius 3 is 2.78 bits per heavy atom. The highest BCUT2D eigenvalue weighted by molar-refractivity contribution is 5.69. The normalized spacial score (nSPS) is 23.1. The predicted molar refractivity (Wildman–Crippen MR) is 97.8 cm³/mol. The number of fused-ring (bicyclic) bond motifs is 1. The van der Waals surface area contributed by atoms with Crippen LogP contribution in [0, 0.1) is 17.2 Å². The lowest BCUT2D eigenvalue weighted by Crippen LogP contribution is -2.44. The molecular formula is C20H25N3O4. The fourth-order valence-electron chi connectivity index (χ4n) is 4.03.